The van der Waals surface area contributed by atoms with E-state index in [1.54, 1.807) is 11.3 Å². The van der Waals surface area contributed by atoms with E-state index in [9.17, 15) is 0 Å². The fraction of sp³-hybridized carbons (Fsp3) is 0.500. The molecule has 0 aromatic carbocycles. The van der Waals surface area contributed by atoms with Gasteiger partial charge in [-0.3, -0.25) is 0 Å². The van der Waals surface area contributed by atoms with Crippen molar-refractivity contribution in [2.45, 2.75) is 25.2 Å². The van der Waals surface area contributed by atoms with Gasteiger partial charge in [0.25, 0.3) is 0 Å². The maximum Gasteiger partial charge on any atom is 0.178 e. The molecule has 2 nitrogen and oxygen atoms in total. The first-order valence-electron chi connectivity index (χ1n) is 4.78. The van der Waals surface area contributed by atoms with Gasteiger partial charge in [-0.25, -0.2) is 0 Å². The molecule has 0 aliphatic carbocycles. The highest BCUT2D eigenvalue weighted by atomic mass is 32.2. The van der Waals surface area contributed by atoms with Gasteiger partial charge in [-0.15, -0.1) is 23.1 Å². The lowest BCUT2D eigenvalue weighted by atomic mass is 10.2. The van der Waals surface area contributed by atoms with Crippen LogP contribution in [0, 0.1) is 0 Å². The number of hydrogen-bond donors (Lipinski definition) is 0. The molecule has 76 valence electrons. The second-order valence-electron chi connectivity index (χ2n) is 3.13. The van der Waals surface area contributed by atoms with Crippen molar-refractivity contribution in [2.24, 2.45) is 5.16 Å². The molecule has 0 N–H and O–H groups in total. The minimum absolute atomic E-state index is 0.243. The van der Waals surface area contributed by atoms with Gasteiger partial charge in [-0.05, 0) is 23.6 Å². The summed E-state index contributed by atoms with van der Waals surface area (Å²) in [5, 5.41) is 6.19. The second kappa shape index (κ2) is 4.84. The molecule has 0 radical (unpaired) electrons. The predicted molar refractivity (Wildman–Crippen MR) is 63.1 cm³/mol. The Labute approximate surface area is 92.3 Å². The third-order valence-electron chi connectivity index (χ3n) is 1.95. The third kappa shape index (κ3) is 2.30. The zero-order valence-electron chi connectivity index (χ0n) is 8.10. The van der Waals surface area contributed by atoms with Crippen molar-refractivity contribution in [2.75, 3.05) is 5.75 Å². The quantitative estimate of drug-likeness (QED) is 0.787. The van der Waals surface area contributed by atoms with Crippen molar-refractivity contribution in [3.63, 3.8) is 0 Å². The number of thioether (sulfide) groups is 1. The molecule has 0 bridgehead atoms. The van der Waals surface area contributed by atoms with E-state index in [1.807, 2.05) is 11.8 Å². The topological polar surface area (TPSA) is 21.6 Å². The molecule has 0 spiro atoms. The van der Waals surface area contributed by atoms with Crippen molar-refractivity contribution < 1.29 is 4.84 Å². The lowest BCUT2D eigenvalue weighted by Gasteiger charge is -2.05. The highest BCUT2D eigenvalue weighted by Crippen LogP contribution is 2.26. The Balaban J connectivity index is 1.88. The smallest absolute Gasteiger partial charge is 0.178 e. The largest absolute Gasteiger partial charge is 0.381 e. The molecule has 1 aromatic rings. The summed E-state index contributed by atoms with van der Waals surface area (Å²) in [6, 6.07) is 4.15. The third-order valence-corrected chi connectivity index (χ3v) is 4.14. The molecule has 1 aliphatic heterocycles. The molecular formula is C10H13NOS2. The standard InChI is InChI=1S/C10H13NOS2/c1-2-5-14-10-7-8(11-12-10)9-4-3-6-13-9/h3-4,6,10H,2,5,7H2,1H3. The fourth-order valence-corrected chi connectivity index (χ4v) is 2.88. The van der Waals surface area contributed by atoms with Gasteiger partial charge in [0.1, 0.15) is 5.71 Å². The van der Waals surface area contributed by atoms with Crippen LogP contribution in [0.5, 0.6) is 0 Å². The maximum absolute atomic E-state index is 5.35. The molecule has 0 saturated heterocycles. The van der Waals surface area contributed by atoms with Crippen LogP contribution in [0.2, 0.25) is 0 Å². The molecule has 2 rings (SSSR count). The van der Waals surface area contributed by atoms with E-state index in [-0.39, 0.29) is 5.44 Å². The van der Waals surface area contributed by atoms with E-state index in [0.29, 0.717) is 0 Å². The summed E-state index contributed by atoms with van der Waals surface area (Å²) in [5.74, 6) is 1.15. The zero-order valence-corrected chi connectivity index (χ0v) is 9.74. The van der Waals surface area contributed by atoms with Gasteiger partial charge in [0, 0.05) is 6.42 Å². The lowest BCUT2D eigenvalue weighted by molar-refractivity contribution is 0.148. The normalized spacial score (nSPS) is 20.6. The number of thiophene rings is 1. The molecule has 0 saturated carbocycles. The Morgan fingerprint density at radius 3 is 3.36 bits per heavy atom. The first-order valence-corrected chi connectivity index (χ1v) is 6.71. The first-order chi connectivity index (χ1) is 6.90. The van der Waals surface area contributed by atoms with E-state index in [1.165, 1.54) is 11.3 Å². The van der Waals surface area contributed by atoms with E-state index in [2.05, 4.69) is 29.6 Å². The Bertz CT molecular complexity index is 308. The van der Waals surface area contributed by atoms with Crippen molar-refractivity contribution >= 4 is 28.8 Å². The first kappa shape index (κ1) is 10.1. The summed E-state index contributed by atoms with van der Waals surface area (Å²) in [7, 11) is 0. The Morgan fingerprint density at radius 1 is 1.71 bits per heavy atom. The molecule has 1 atom stereocenters. The summed E-state index contributed by atoms with van der Waals surface area (Å²) in [6.07, 6.45) is 2.14. The monoisotopic (exact) mass is 227 g/mol. The van der Waals surface area contributed by atoms with E-state index < -0.39 is 0 Å². The van der Waals surface area contributed by atoms with E-state index in [0.717, 1.165) is 17.9 Å². The van der Waals surface area contributed by atoms with Crippen LogP contribution in [-0.2, 0) is 4.84 Å². The second-order valence-corrected chi connectivity index (χ2v) is 5.34. The molecule has 0 fully saturated rings. The van der Waals surface area contributed by atoms with Gasteiger partial charge in [-0.1, -0.05) is 18.1 Å². The van der Waals surface area contributed by atoms with Gasteiger partial charge in [0.05, 0.1) is 4.88 Å². The minimum Gasteiger partial charge on any atom is -0.381 e. The summed E-state index contributed by atoms with van der Waals surface area (Å²) >= 11 is 3.58. The predicted octanol–water partition coefficient (Wildman–Crippen LogP) is 3.34. The van der Waals surface area contributed by atoms with Crippen LogP contribution in [0.25, 0.3) is 0 Å². The summed E-state index contributed by atoms with van der Waals surface area (Å²) in [5.41, 5.74) is 1.35. The van der Waals surface area contributed by atoms with Crippen LogP contribution >= 0.6 is 23.1 Å². The SMILES string of the molecule is CCCSC1CC(c2cccs2)=NO1. The van der Waals surface area contributed by atoms with Gasteiger partial charge < -0.3 is 4.84 Å². The van der Waals surface area contributed by atoms with Gasteiger partial charge >= 0.3 is 0 Å². The number of rotatable bonds is 4. The molecule has 1 aromatic heterocycles. The molecule has 14 heavy (non-hydrogen) atoms. The van der Waals surface area contributed by atoms with Crippen LogP contribution in [0.3, 0.4) is 0 Å². The van der Waals surface area contributed by atoms with Crippen molar-refractivity contribution in [3.8, 4) is 0 Å². The van der Waals surface area contributed by atoms with Gasteiger partial charge in [0.2, 0.25) is 0 Å². The van der Waals surface area contributed by atoms with Gasteiger partial charge in [0.15, 0.2) is 5.44 Å². The Hall–Kier alpha value is -0.480. The summed E-state index contributed by atoms with van der Waals surface area (Å²) < 4.78 is 0. The van der Waals surface area contributed by atoms with Crippen LogP contribution < -0.4 is 0 Å². The zero-order chi connectivity index (χ0) is 9.80. The Kier molecular flexibility index (Phi) is 3.48. The van der Waals surface area contributed by atoms with Gasteiger partial charge in [-0.2, -0.15) is 0 Å². The van der Waals surface area contributed by atoms with E-state index >= 15 is 0 Å². The van der Waals surface area contributed by atoms with Crippen molar-refractivity contribution in [1.82, 2.24) is 0 Å². The number of hydrogen-bond acceptors (Lipinski definition) is 4. The van der Waals surface area contributed by atoms with Crippen molar-refractivity contribution in [1.29, 1.82) is 0 Å². The van der Waals surface area contributed by atoms with E-state index in [4.69, 9.17) is 4.84 Å². The highest BCUT2D eigenvalue weighted by Gasteiger charge is 2.22. The lowest BCUT2D eigenvalue weighted by Crippen LogP contribution is -2.03. The number of oxime groups is 1. The minimum atomic E-state index is 0.243. The van der Waals surface area contributed by atoms with Crippen LogP contribution in [0.15, 0.2) is 22.7 Å². The molecule has 2 heterocycles. The van der Waals surface area contributed by atoms with Crippen LogP contribution in [0.4, 0.5) is 0 Å². The summed E-state index contributed by atoms with van der Waals surface area (Å²) in [6.45, 7) is 2.18. The summed E-state index contributed by atoms with van der Waals surface area (Å²) in [4.78, 5) is 6.59. The van der Waals surface area contributed by atoms with Crippen LogP contribution in [0.1, 0.15) is 24.6 Å². The molecular weight excluding hydrogens is 214 g/mol. The molecule has 4 heteroatoms. The maximum atomic E-state index is 5.35. The average Bonchev–Trinajstić information content (AvgIpc) is 2.85. The van der Waals surface area contributed by atoms with Crippen LogP contribution in [-0.4, -0.2) is 16.9 Å². The fourth-order valence-electron chi connectivity index (χ4n) is 1.28. The highest BCUT2D eigenvalue weighted by molar-refractivity contribution is 7.99. The average molecular weight is 227 g/mol. The molecule has 0 amide bonds. The van der Waals surface area contributed by atoms with Crippen molar-refractivity contribution in [3.05, 3.63) is 22.4 Å². The number of nitrogens with zero attached hydrogens (tertiary/aromatic N) is 1. The molecule has 1 aliphatic rings. The Morgan fingerprint density at radius 2 is 2.64 bits per heavy atom. The molecule has 1 unspecified atom stereocenters.